The Bertz CT molecular complexity index is 239. The summed E-state index contributed by atoms with van der Waals surface area (Å²) in [6.07, 6.45) is 1.10. The van der Waals surface area contributed by atoms with Gasteiger partial charge in [0.2, 0.25) is 0 Å². The van der Waals surface area contributed by atoms with E-state index in [0.29, 0.717) is 12.7 Å². The molecule has 0 fully saturated rings. The lowest BCUT2D eigenvalue weighted by molar-refractivity contribution is 0.351. The van der Waals surface area contributed by atoms with Crippen molar-refractivity contribution in [2.45, 2.75) is 6.42 Å². The predicted octanol–water partition coefficient (Wildman–Crippen LogP) is 2.19. The molecule has 0 aliphatic rings. The van der Waals surface area contributed by atoms with Crippen LogP contribution in [0.25, 0.3) is 0 Å². The summed E-state index contributed by atoms with van der Waals surface area (Å²) in [4.78, 5) is 0. The lowest BCUT2D eigenvalue weighted by Crippen LogP contribution is -1.88. The zero-order chi connectivity index (χ0) is 8.10. The fourth-order valence-electron chi connectivity index (χ4n) is 0.851. The Labute approximate surface area is 65.4 Å². The summed E-state index contributed by atoms with van der Waals surface area (Å²) in [5.41, 5.74) is 0.982. The fraction of sp³-hybridized carbons (Fsp3) is 0.111. The van der Waals surface area contributed by atoms with E-state index in [9.17, 15) is 0 Å². The molecule has 0 saturated carbocycles. The first-order valence-electron chi connectivity index (χ1n) is 3.39. The summed E-state index contributed by atoms with van der Waals surface area (Å²) in [6.45, 7) is 0. The number of aliphatic hydroxyl groups excluding tert-OH is 2. The molecule has 0 amide bonds. The molecule has 0 radical (unpaired) electrons. The van der Waals surface area contributed by atoms with Crippen LogP contribution < -0.4 is 0 Å². The quantitative estimate of drug-likeness (QED) is 0.634. The van der Waals surface area contributed by atoms with Crippen molar-refractivity contribution in [2.75, 3.05) is 0 Å². The van der Waals surface area contributed by atoms with Gasteiger partial charge in [-0.2, -0.15) is 0 Å². The van der Waals surface area contributed by atoms with Crippen molar-refractivity contribution in [1.82, 2.24) is 0 Å². The van der Waals surface area contributed by atoms with Crippen molar-refractivity contribution >= 4 is 0 Å². The van der Waals surface area contributed by atoms with Gasteiger partial charge in [0.25, 0.3) is 0 Å². The highest BCUT2D eigenvalue weighted by molar-refractivity contribution is 5.18. The van der Waals surface area contributed by atoms with Crippen LogP contribution in [-0.4, -0.2) is 10.2 Å². The number of allylic oxidation sites excluding steroid dienone is 1. The molecule has 0 aliphatic heterocycles. The molecule has 0 unspecified atom stereocenters. The zero-order valence-electron chi connectivity index (χ0n) is 6.07. The van der Waals surface area contributed by atoms with Gasteiger partial charge in [-0.3, -0.25) is 0 Å². The van der Waals surface area contributed by atoms with Crippen molar-refractivity contribution in [2.24, 2.45) is 0 Å². The Morgan fingerprint density at radius 1 is 1.27 bits per heavy atom. The van der Waals surface area contributed by atoms with Crippen LogP contribution in [-0.2, 0) is 6.42 Å². The minimum atomic E-state index is -0.0174. The predicted molar refractivity (Wildman–Crippen MR) is 43.5 cm³/mol. The van der Waals surface area contributed by atoms with Gasteiger partial charge >= 0.3 is 0 Å². The van der Waals surface area contributed by atoms with Crippen molar-refractivity contribution in [3.8, 4) is 0 Å². The molecular weight excluding hydrogens is 140 g/mol. The molecule has 2 nitrogen and oxygen atoms in total. The van der Waals surface area contributed by atoms with Crippen molar-refractivity contribution < 1.29 is 10.2 Å². The maximum Gasteiger partial charge on any atom is 0.131 e. The van der Waals surface area contributed by atoms with E-state index < -0.39 is 0 Å². The van der Waals surface area contributed by atoms with E-state index in [1.807, 2.05) is 30.3 Å². The van der Waals surface area contributed by atoms with Gasteiger partial charge in [-0.05, 0) is 5.56 Å². The summed E-state index contributed by atoms with van der Waals surface area (Å²) >= 11 is 0. The second-order valence-corrected chi connectivity index (χ2v) is 2.28. The molecule has 0 atom stereocenters. The largest absolute Gasteiger partial charge is 0.512 e. The Morgan fingerprint density at radius 2 is 1.91 bits per heavy atom. The molecule has 0 aromatic heterocycles. The van der Waals surface area contributed by atoms with Gasteiger partial charge in [-0.15, -0.1) is 0 Å². The fourth-order valence-corrected chi connectivity index (χ4v) is 0.851. The first-order valence-corrected chi connectivity index (χ1v) is 3.39. The Balaban J connectivity index is 2.65. The molecule has 0 aliphatic carbocycles. The first kappa shape index (κ1) is 7.66. The Hall–Kier alpha value is -1.44. The zero-order valence-corrected chi connectivity index (χ0v) is 6.07. The van der Waals surface area contributed by atoms with E-state index in [1.54, 1.807) is 0 Å². The van der Waals surface area contributed by atoms with Crippen LogP contribution in [0.2, 0.25) is 0 Å². The van der Waals surface area contributed by atoms with Crippen molar-refractivity contribution in [3.05, 3.63) is 47.9 Å². The summed E-state index contributed by atoms with van der Waals surface area (Å²) in [7, 11) is 0. The molecule has 0 spiro atoms. The van der Waals surface area contributed by atoms with Gasteiger partial charge in [-0.25, -0.2) is 0 Å². The highest BCUT2D eigenvalue weighted by Gasteiger charge is 1.94. The standard InChI is InChI=1S/C9H10O2/c10-7-9(11)6-8-4-2-1-3-5-8/h1-5,7,10-11H,6H2/b9-7-. The molecule has 2 N–H and O–H groups in total. The third-order valence-corrected chi connectivity index (χ3v) is 1.38. The van der Waals surface area contributed by atoms with Crippen LogP contribution in [0.1, 0.15) is 5.56 Å². The summed E-state index contributed by atoms with van der Waals surface area (Å²) in [6, 6.07) is 9.46. The molecule has 1 aromatic rings. The number of benzene rings is 1. The first-order chi connectivity index (χ1) is 5.33. The second kappa shape index (κ2) is 3.66. The van der Waals surface area contributed by atoms with Gasteiger partial charge in [0.05, 0.1) is 0 Å². The monoisotopic (exact) mass is 150 g/mol. The number of hydrogen-bond acceptors (Lipinski definition) is 2. The van der Waals surface area contributed by atoms with Crippen molar-refractivity contribution in [3.63, 3.8) is 0 Å². The second-order valence-electron chi connectivity index (χ2n) is 2.28. The van der Waals surface area contributed by atoms with E-state index in [-0.39, 0.29) is 5.76 Å². The summed E-state index contributed by atoms with van der Waals surface area (Å²) in [5, 5.41) is 17.3. The van der Waals surface area contributed by atoms with Gasteiger partial charge < -0.3 is 10.2 Å². The highest BCUT2D eigenvalue weighted by Crippen LogP contribution is 2.03. The van der Waals surface area contributed by atoms with Crippen LogP contribution in [0.3, 0.4) is 0 Å². The topological polar surface area (TPSA) is 40.5 Å². The third kappa shape index (κ3) is 2.34. The molecule has 0 heterocycles. The minimum absolute atomic E-state index is 0.0174. The molecule has 2 heteroatoms. The smallest absolute Gasteiger partial charge is 0.131 e. The lowest BCUT2D eigenvalue weighted by atomic mass is 10.1. The maximum absolute atomic E-state index is 8.92. The van der Waals surface area contributed by atoms with E-state index in [2.05, 4.69) is 0 Å². The molecule has 0 bridgehead atoms. The van der Waals surface area contributed by atoms with Crippen LogP contribution in [0.5, 0.6) is 0 Å². The van der Waals surface area contributed by atoms with Crippen LogP contribution in [0.4, 0.5) is 0 Å². The van der Waals surface area contributed by atoms with Gasteiger partial charge in [0, 0.05) is 6.42 Å². The minimum Gasteiger partial charge on any atom is -0.512 e. The van der Waals surface area contributed by atoms with E-state index in [1.165, 1.54) is 0 Å². The SMILES string of the molecule is O/C=C(\O)Cc1ccccc1. The molecular formula is C9H10O2. The maximum atomic E-state index is 8.92. The van der Waals surface area contributed by atoms with Crippen LogP contribution in [0, 0.1) is 0 Å². The molecule has 11 heavy (non-hydrogen) atoms. The van der Waals surface area contributed by atoms with Gasteiger partial charge in [0.15, 0.2) is 0 Å². The lowest BCUT2D eigenvalue weighted by Gasteiger charge is -1.97. The van der Waals surface area contributed by atoms with Crippen LogP contribution >= 0.6 is 0 Å². The van der Waals surface area contributed by atoms with Crippen LogP contribution in [0.15, 0.2) is 42.4 Å². The Kier molecular flexibility index (Phi) is 2.55. The van der Waals surface area contributed by atoms with E-state index in [0.717, 1.165) is 5.56 Å². The van der Waals surface area contributed by atoms with E-state index in [4.69, 9.17) is 10.2 Å². The van der Waals surface area contributed by atoms with E-state index >= 15 is 0 Å². The van der Waals surface area contributed by atoms with Gasteiger partial charge in [-0.1, -0.05) is 30.3 Å². The third-order valence-electron chi connectivity index (χ3n) is 1.38. The number of aliphatic hydroxyl groups is 2. The molecule has 1 rings (SSSR count). The average molecular weight is 150 g/mol. The Morgan fingerprint density at radius 3 is 2.45 bits per heavy atom. The normalized spacial score (nSPS) is 11.5. The molecule has 58 valence electrons. The molecule has 0 saturated heterocycles. The molecule has 1 aromatic carbocycles. The summed E-state index contributed by atoms with van der Waals surface area (Å²) in [5.74, 6) is -0.0174. The number of rotatable bonds is 2. The number of hydrogen-bond donors (Lipinski definition) is 2. The van der Waals surface area contributed by atoms with Gasteiger partial charge in [0.1, 0.15) is 12.0 Å². The summed E-state index contributed by atoms with van der Waals surface area (Å²) < 4.78 is 0. The van der Waals surface area contributed by atoms with Crippen molar-refractivity contribution in [1.29, 1.82) is 0 Å². The highest BCUT2D eigenvalue weighted by atomic mass is 16.3. The average Bonchev–Trinajstić information content (AvgIpc) is 2.06.